The average molecular weight is 466 g/mol. The number of nitrogens with one attached hydrogen (secondary N) is 2. The van der Waals surface area contributed by atoms with Crippen LogP contribution in [0.25, 0.3) is 5.69 Å². The molecule has 0 atom stereocenters. The van der Waals surface area contributed by atoms with Crippen molar-refractivity contribution in [3.63, 3.8) is 0 Å². The van der Waals surface area contributed by atoms with Gasteiger partial charge in [0, 0.05) is 25.4 Å². The highest BCUT2D eigenvalue weighted by atomic mass is 35.5. The van der Waals surface area contributed by atoms with Gasteiger partial charge >= 0.3 is 0 Å². The Morgan fingerprint density at radius 1 is 1.03 bits per heavy atom. The minimum atomic E-state index is -0.111. The first kappa shape index (κ1) is 22.9. The number of nitrogens with zero attached hydrogens (tertiary/aromatic N) is 3. The summed E-state index contributed by atoms with van der Waals surface area (Å²) in [5.41, 5.74) is 3.04. The number of piperidine rings is 1. The third-order valence-electron chi connectivity index (χ3n) is 5.92. The van der Waals surface area contributed by atoms with Gasteiger partial charge in [0.1, 0.15) is 5.69 Å². The third-order valence-corrected chi connectivity index (χ3v) is 6.25. The molecular formula is C25H28ClN5O2. The van der Waals surface area contributed by atoms with E-state index >= 15 is 0 Å². The fourth-order valence-corrected chi connectivity index (χ4v) is 4.26. The smallest absolute Gasteiger partial charge is 0.227 e. The van der Waals surface area contributed by atoms with Gasteiger partial charge in [0.2, 0.25) is 11.8 Å². The molecule has 2 aromatic carbocycles. The zero-order valence-corrected chi connectivity index (χ0v) is 19.6. The van der Waals surface area contributed by atoms with Crippen LogP contribution in [0.1, 0.15) is 31.9 Å². The van der Waals surface area contributed by atoms with E-state index in [4.69, 9.17) is 16.7 Å². The minimum absolute atomic E-state index is 0.0185. The molecule has 0 bridgehead atoms. The summed E-state index contributed by atoms with van der Waals surface area (Å²) in [6.07, 6.45) is 1.77. The van der Waals surface area contributed by atoms with Gasteiger partial charge in [-0.15, -0.1) is 0 Å². The third kappa shape index (κ3) is 5.03. The van der Waals surface area contributed by atoms with Gasteiger partial charge in [-0.25, -0.2) is 4.68 Å². The number of benzene rings is 2. The number of amides is 2. The fourth-order valence-electron chi connectivity index (χ4n) is 4.08. The van der Waals surface area contributed by atoms with Crippen molar-refractivity contribution in [1.82, 2.24) is 9.78 Å². The number of halogens is 1. The van der Waals surface area contributed by atoms with Crippen LogP contribution in [0.3, 0.4) is 0 Å². The first-order valence-electron chi connectivity index (χ1n) is 11.2. The molecule has 1 saturated heterocycles. The van der Waals surface area contributed by atoms with Crippen molar-refractivity contribution < 1.29 is 9.59 Å². The summed E-state index contributed by atoms with van der Waals surface area (Å²) in [5, 5.41) is 11.2. The molecule has 7 nitrogen and oxygen atoms in total. The SMILES string of the molecule is CCC(=O)Nc1c(C)nn(-c2ccccc2)c1N1CCC(C(=O)Nc2ccccc2Cl)CC1. The molecule has 2 N–H and O–H groups in total. The highest BCUT2D eigenvalue weighted by molar-refractivity contribution is 6.33. The number of aryl methyl sites for hydroxylation is 1. The normalized spacial score (nSPS) is 14.2. The van der Waals surface area contributed by atoms with E-state index in [-0.39, 0.29) is 17.7 Å². The lowest BCUT2D eigenvalue weighted by Gasteiger charge is -2.33. The molecule has 0 saturated carbocycles. The minimum Gasteiger partial charge on any atom is -0.355 e. The van der Waals surface area contributed by atoms with Crippen LogP contribution >= 0.6 is 11.6 Å². The van der Waals surface area contributed by atoms with Crippen LogP contribution in [-0.4, -0.2) is 34.7 Å². The van der Waals surface area contributed by atoms with Crippen molar-refractivity contribution in [3.05, 3.63) is 65.3 Å². The Hall–Kier alpha value is -3.32. The van der Waals surface area contributed by atoms with Crippen LogP contribution in [0.4, 0.5) is 17.2 Å². The van der Waals surface area contributed by atoms with Gasteiger partial charge in [0.25, 0.3) is 0 Å². The van der Waals surface area contributed by atoms with Crippen LogP contribution in [0, 0.1) is 12.8 Å². The molecule has 0 aliphatic carbocycles. The fraction of sp³-hybridized carbons (Fsp3) is 0.320. The van der Waals surface area contributed by atoms with Gasteiger partial charge in [-0.2, -0.15) is 5.10 Å². The molecule has 0 spiro atoms. The topological polar surface area (TPSA) is 79.3 Å². The predicted molar refractivity (Wildman–Crippen MR) is 132 cm³/mol. The lowest BCUT2D eigenvalue weighted by atomic mass is 9.95. The van der Waals surface area contributed by atoms with Crippen LogP contribution in [-0.2, 0) is 9.59 Å². The molecule has 0 radical (unpaired) electrons. The highest BCUT2D eigenvalue weighted by Crippen LogP contribution is 2.35. The lowest BCUT2D eigenvalue weighted by Crippen LogP contribution is -2.39. The Kier molecular flexibility index (Phi) is 6.99. The molecule has 0 unspecified atom stereocenters. The monoisotopic (exact) mass is 465 g/mol. The number of para-hydroxylation sites is 2. The van der Waals surface area contributed by atoms with E-state index in [1.165, 1.54) is 0 Å². The Balaban J connectivity index is 1.55. The first-order valence-corrected chi connectivity index (χ1v) is 11.6. The van der Waals surface area contributed by atoms with Crippen molar-refractivity contribution in [2.75, 3.05) is 28.6 Å². The zero-order chi connectivity index (χ0) is 23.4. The van der Waals surface area contributed by atoms with Gasteiger partial charge < -0.3 is 15.5 Å². The Morgan fingerprint density at radius 3 is 2.36 bits per heavy atom. The maximum Gasteiger partial charge on any atom is 0.227 e. The summed E-state index contributed by atoms with van der Waals surface area (Å²) in [6, 6.07) is 17.1. The van der Waals surface area contributed by atoms with Gasteiger partial charge in [-0.3, -0.25) is 9.59 Å². The molecule has 1 aliphatic heterocycles. The highest BCUT2D eigenvalue weighted by Gasteiger charge is 2.30. The molecule has 2 amide bonds. The molecule has 3 aromatic rings. The van der Waals surface area contributed by atoms with E-state index in [0.717, 1.165) is 22.9 Å². The lowest BCUT2D eigenvalue weighted by molar-refractivity contribution is -0.120. The standard InChI is InChI=1S/C25H28ClN5O2/c1-3-22(32)28-23-17(2)29-31(19-9-5-4-6-10-19)25(23)30-15-13-18(14-16-30)24(33)27-21-12-8-7-11-20(21)26/h4-12,18H,3,13-16H2,1-2H3,(H,27,33)(H,28,32). The summed E-state index contributed by atoms with van der Waals surface area (Å²) in [5.74, 6) is 0.668. The van der Waals surface area contributed by atoms with Crippen molar-refractivity contribution in [2.24, 2.45) is 5.92 Å². The summed E-state index contributed by atoms with van der Waals surface area (Å²) in [6.45, 7) is 5.08. The largest absolute Gasteiger partial charge is 0.355 e. The number of hydrogen-bond acceptors (Lipinski definition) is 4. The molecule has 1 aromatic heterocycles. The summed E-state index contributed by atoms with van der Waals surface area (Å²) in [7, 11) is 0. The van der Waals surface area contributed by atoms with Gasteiger partial charge in [0.05, 0.1) is 22.1 Å². The number of anilines is 3. The van der Waals surface area contributed by atoms with Crippen LogP contribution < -0.4 is 15.5 Å². The Morgan fingerprint density at radius 2 is 1.70 bits per heavy atom. The van der Waals surface area contributed by atoms with E-state index in [1.54, 1.807) is 12.1 Å². The molecule has 4 rings (SSSR count). The number of rotatable bonds is 6. The molecule has 172 valence electrons. The zero-order valence-electron chi connectivity index (χ0n) is 18.8. The van der Waals surface area contributed by atoms with E-state index in [1.807, 2.05) is 61.0 Å². The van der Waals surface area contributed by atoms with E-state index in [9.17, 15) is 9.59 Å². The Bertz CT molecular complexity index is 1140. The number of carbonyl (C=O) groups excluding carboxylic acids is 2. The maximum absolute atomic E-state index is 12.8. The molecule has 8 heteroatoms. The molecule has 1 aliphatic rings. The summed E-state index contributed by atoms with van der Waals surface area (Å²) in [4.78, 5) is 27.3. The second-order valence-electron chi connectivity index (χ2n) is 8.16. The van der Waals surface area contributed by atoms with Crippen molar-refractivity contribution in [3.8, 4) is 5.69 Å². The van der Waals surface area contributed by atoms with Crippen LogP contribution in [0.5, 0.6) is 0 Å². The predicted octanol–water partition coefficient (Wildman–Crippen LogP) is 5.04. The first-order chi connectivity index (χ1) is 16.0. The summed E-state index contributed by atoms with van der Waals surface area (Å²) < 4.78 is 1.88. The van der Waals surface area contributed by atoms with Crippen molar-refractivity contribution >= 4 is 40.6 Å². The number of hydrogen-bond donors (Lipinski definition) is 2. The van der Waals surface area contributed by atoms with Gasteiger partial charge in [0.15, 0.2) is 5.82 Å². The molecule has 1 fully saturated rings. The second-order valence-corrected chi connectivity index (χ2v) is 8.57. The maximum atomic E-state index is 12.8. The van der Waals surface area contributed by atoms with Crippen molar-refractivity contribution in [2.45, 2.75) is 33.1 Å². The quantitative estimate of drug-likeness (QED) is 0.534. The molecule has 33 heavy (non-hydrogen) atoms. The van der Waals surface area contributed by atoms with Gasteiger partial charge in [-0.1, -0.05) is 48.9 Å². The van der Waals surface area contributed by atoms with Crippen molar-refractivity contribution in [1.29, 1.82) is 0 Å². The number of aromatic nitrogens is 2. The van der Waals surface area contributed by atoms with E-state index in [2.05, 4.69) is 15.5 Å². The summed E-state index contributed by atoms with van der Waals surface area (Å²) >= 11 is 6.19. The van der Waals surface area contributed by atoms with E-state index in [0.29, 0.717) is 43.1 Å². The average Bonchev–Trinajstić information content (AvgIpc) is 3.16. The molecular weight excluding hydrogens is 438 g/mol. The van der Waals surface area contributed by atoms with Gasteiger partial charge in [-0.05, 0) is 44.0 Å². The number of carbonyl (C=O) groups is 2. The van der Waals surface area contributed by atoms with Crippen LogP contribution in [0.15, 0.2) is 54.6 Å². The molecule has 2 heterocycles. The second kappa shape index (κ2) is 10.1. The Labute approximate surface area is 198 Å². The van der Waals surface area contributed by atoms with Crippen LogP contribution in [0.2, 0.25) is 5.02 Å². The van der Waals surface area contributed by atoms with E-state index < -0.39 is 0 Å².